The van der Waals surface area contributed by atoms with Gasteiger partial charge in [-0.15, -0.1) is 0 Å². The molecule has 7 heteroatoms. The molecule has 156 valence electrons. The minimum atomic E-state index is -0.234. The standard InChI is InChI=1S/C22H29N3O4/c26-20(23-9-10-24-11-13-29-14-12-24)17-6-2-1-5-16(17)15-25-21(27)18-7-3-4-8-19(18)22(25)28/h3-4,7-8,16-17H,1-2,5-6,9-15H2,(H,23,26). The number of imide groups is 1. The fourth-order valence-corrected chi connectivity index (χ4v) is 4.70. The first kappa shape index (κ1) is 20.0. The average Bonchev–Trinajstić information content (AvgIpc) is 3.00. The predicted octanol–water partition coefficient (Wildman–Crippen LogP) is 1.54. The molecule has 1 aromatic carbocycles. The molecular formula is C22H29N3O4. The summed E-state index contributed by atoms with van der Waals surface area (Å²) < 4.78 is 5.35. The number of hydrogen-bond acceptors (Lipinski definition) is 5. The summed E-state index contributed by atoms with van der Waals surface area (Å²) in [5, 5.41) is 3.08. The number of rotatable bonds is 6. The summed E-state index contributed by atoms with van der Waals surface area (Å²) in [7, 11) is 0. The van der Waals surface area contributed by atoms with Crippen LogP contribution in [0.5, 0.6) is 0 Å². The molecule has 2 atom stereocenters. The van der Waals surface area contributed by atoms with Crippen molar-refractivity contribution in [3.05, 3.63) is 35.4 Å². The molecule has 1 saturated heterocycles. The van der Waals surface area contributed by atoms with E-state index in [-0.39, 0.29) is 29.6 Å². The van der Waals surface area contributed by atoms with Gasteiger partial charge in [-0.3, -0.25) is 24.2 Å². The maximum absolute atomic E-state index is 12.9. The average molecular weight is 399 g/mol. The zero-order valence-electron chi connectivity index (χ0n) is 16.8. The van der Waals surface area contributed by atoms with E-state index in [2.05, 4.69) is 10.2 Å². The summed E-state index contributed by atoms with van der Waals surface area (Å²) in [6.07, 6.45) is 3.73. The van der Waals surface area contributed by atoms with E-state index in [0.29, 0.717) is 24.2 Å². The van der Waals surface area contributed by atoms with Gasteiger partial charge in [0, 0.05) is 38.6 Å². The molecule has 4 rings (SSSR count). The van der Waals surface area contributed by atoms with Gasteiger partial charge in [-0.2, -0.15) is 0 Å². The van der Waals surface area contributed by atoms with Gasteiger partial charge in [-0.1, -0.05) is 25.0 Å². The van der Waals surface area contributed by atoms with E-state index in [1.54, 1.807) is 24.3 Å². The Balaban J connectivity index is 1.34. The monoisotopic (exact) mass is 399 g/mol. The third-order valence-corrected chi connectivity index (χ3v) is 6.37. The molecule has 1 aliphatic carbocycles. The number of amides is 3. The maximum Gasteiger partial charge on any atom is 0.261 e. The van der Waals surface area contributed by atoms with E-state index in [9.17, 15) is 14.4 Å². The lowest BCUT2D eigenvalue weighted by atomic mass is 9.78. The fraction of sp³-hybridized carbons (Fsp3) is 0.591. The van der Waals surface area contributed by atoms with Crippen molar-refractivity contribution in [2.45, 2.75) is 25.7 Å². The third kappa shape index (κ3) is 4.36. The van der Waals surface area contributed by atoms with Crippen LogP contribution in [0, 0.1) is 11.8 Å². The Morgan fingerprint density at radius 1 is 1.03 bits per heavy atom. The number of fused-ring (bicyclic) bond motifs is 1. The molecule has 0 aromatic heterocycles. The van der Waals surface area contributed by atoms with E-state index < -0.39 is 0 Å². The molecule has 0 bridgehead atoms. The summed E-state index contributed by atoms with van der Waals surface area (Å²) in [4.78, 5) is 41.9. The highest BCUT2D eigenvalue weighted by molar-refractivity contribution is 6.21. The second kappa shape index (κ2) is 9.05. The summed E-state index contributed by atoms with van der Waals surface area (Å²) in [6.45, 7) is 5.08. The van der Waals surface area contributed by atoms with E-state index in [1.165, 1.54) is 4.90 Å². The van der Waals surface area contributed by atoms with Crippen molar-refractivity contribution in [2.24, 2.45) is 11.8 Å². The predicted molar refractivity (Wildman–Crippen MR) is 108 cm³/mol. The molecule has 2 heterocycles. The van der Waals surface area contributed by atoms with Crippen LogP contribution in [-0.2, 0) is 9.53 Å². The Kier molecular flexibility index (Phi) is 6.25. The van der Waals surface area contributed by atoms with Gasteiger partial charge >= 0.3 is 0 Å². The highest BCUT2D eigenvalue weighted by Gasteiger charge is 2.39. The number of carbonyl (C=O) groups is 3. The van der Waals surface area contributed by atoms with Gasteiger partial charge < -0.3 is 10.1 Å². The van der Waals surface area contributed by atoms with E-state index in [4.69, 9.17) is 4.74 Å². The highest BCUT2D eigenvalue weighted by atomic mass is 16.5. The fourth-order valence-electron chi connectivity index (χ4n) is 4.70. The van der Waals surface area contributed by atoms with Crippen LogP contribution in [0.25, 0.3) is 0 Å². The molecule has 7 nitrogen and oxygen atoms in total. The van der Waals surface area contributed by atoms with Crippen molar-refractivity contribution < 1.29 is 19.1 Å². The van der Waals surface area contributed by atoms with Gasteiger partial charge in [0.15, 0.2) is 0 Å². The van der Waals surface area contributed by atoms with Crippen LogP contribution >= 0.6 is 0 Å². The van der Waals surface area contributed by atoms with Crippen molar-refractivity contribution in [1.29, 1.82) is 0 Å². The number of carbonyl (C=O) groups excluding carboxylic acids is 3. The normalized spacial score (nSPS) is 25.2. The van der Waals surface area contributed by atoms with Crippen LogP contribution in [0.2, 0.25) is 0 Å². The lowest BCUT2D eigenvalue weighted by molar-refractivity contribution is -0.128. The number of hydrogen-bond donors (Lipinski definition) is 1. The minimum Gasteiger partial charge on any atom is -0.379 e. The van der Waals surface area contributed by atoms with E-state index >= 15 is 0 Å². The zero-order chi connectivity index (χ0) is 20.2. The molecule has 2 unspecified atom stereocenters. The van der Waals surface area contributed by atoms with Crippen LogP contribution in [0.4, 0.5) is 0 Å². The molecule has 1 aromatic rings. The van der Waals surface area contributed by atoms with Crippen molar-refractivity contribution in [3.63, 3.8) is 0 Å². The summed E-state index contributed by atoms with van der Waals surface area (Å²) >= 11 is 0. The lowest BCUT2D eigenvalue weighted by Gasteiger charge is -2.33. The number of ether oxygens (including phenoxy) is 1. The van der Waals surface area contributed by atoms with Crippen LogP contribution in [0.1, 0.15) is 46.4 Å². The van der Waals surface area contributed by atoms with Gasteiger partial charge in [-0.25, -0.2) is 0 Å². The zero-order valence-corrected chi connectivity index (χ0v) is 16.8. The van der Waals surface area contributed by atoms with Crippen LogP contribution in [0.3, 0.4) is 0 Å². The van der Waals surface area contributed by atoms with Crippen LogP contribution in [-0.4, -0.2) is 73.5 Å². The first-order chi connectivity index (χ1) is 14.1. The van der Waals surface area contributed by atoms with Gasteiger partial charge in [0.05, 0.1) is 24.3 Å². The Bertz CT molecular complexity index is 740. The van der Waals surface area contributed by atoms with Crippen molar-refractivity contribution in [1.82, 2.24) is 15.1 Å². The Morgan fingerprint density at radius 2 is 1.69 bits per heavy atom. The minimum absolute atomic E-state index is 0.0225. The summed E-state index contributed by atoms with van der Waals surface area (Å²) in [6, 6.07) is 6.95. The van der Waals surface area contributed by atoms with Gasteiger partial charge in [0.1, 0.15) is 0 Å². The van der Waals surface area contributed by atoms with Crippen molar-refractivity contribution in [2.75, 3.05) is 45.9 Å². The molecule has 2 aliphatic heterocycles. The molecule has 3 amide bonds. The topological polar surface area (TPSA) is 79.0 Å². The second-order valence-electron chi connectivity index (χ2n) is 8.16. The van der Waals surface area contributed by atoms with Gasteiger partial charge in [0.2, 0.25) is 5.91 Å². The number of benzene rings is 1. The smallest absolute Gasteiger partial charge is 0.261 e. The Morgan fingerprint density at radius 3 is 2.38 bits per heavy atom. The molecular weight excluding hydrogens is 370 g/mol. The molecule has 0 spiro atoms. The highest BCUT2D eigenvalue weighted by Crippen LogP contribution is 2.33. The number of nitrogens with one attached hydrogen (secondary N) is 1. The van der Waals surface area contributed by atoms with E-state index in [0.717, 1.165) is 58.5 Å². The second-order valence-corrected chi connectivity index (χ2v) is 8.16. The summed E-state index contributed by atoms with van der Waals surface area (Å²) in [5.74, 6) is -0.531. The molecule has 1 saturated carbocycles. The molecule has 0 radical (unpaired) electrons. The molecule has 29 heavy (non-hydrogen) atoms. The SMILES string of the molecule is O=C(NCCN1CCOCC1)C1CCCCC1CN1C(=O)c2ccccc2C1=O. The van der Waals surface area contributed by atoms with Crippen molar-refractivity contribution in [3.8, 4) is 0 Å². The first-order valence-corrected chi connectivity index (χ1v) is 10.7. The van der Waals surface area contributed by atoms with Gasteiger partial charge in [0.25, 0.3) is 11.8 Å². The van der Waals surface area contributed by atoms with Crippen LogP contribution < -0.4 is 5.32 Å². The van der Waals surface area contributed by atoms with Crippen LogP contribution in [0.15, 0.2) is 24.3 Å². The van der Waals surface area contributed by atoms with Gasteiger partial charge in [-0.05, 0) is 30.9 Å². The quantitative estimate of drug-likeness (QED) is 0.734. The third-order valence-electron chi connectivity index (χ3n) is 6.37. The first-order valence-electron chi connectivity index (χ1n) is 10.7. The maximum atomic E-state index is 12.9. The molecule has 1 N–H and O–H groups in total. The lowest BCUT2D eigenvalue weighted by Crippen LogP contribution is -2.46. The molecule has 3 aliphatic rings. The van der Waals surface area contributed by atoms with Crippen molar-refractivity contribution >= 4 is 17.7 Å². The Hall–Kier alpha value is -2.25. The Labute approximate surface area is 171 Å². The number of nitrogens with zero attached hydrogens (tertiary/aromatic N) is 2. The summed E-state index contributed by atoms with van der Waals surface area (Å²) in [5.41, 5.74) is 0.944. The largest absolute Gasteiger partial charge is 0.379 e. The van der Waals surface area contributed by atoms with E-state index in [1.807, 2.05) is 0 Å². The molecule has 2 fully saturated rings. The number of morpholine rings is 1.